The molecule has 0 fully saturated rings. The Morgan fingerprint density at radius 3 is 2.56 bits per heavy atom. The van der Waals surface area contributed by atoms with Crippen molar-refractivity contribution in [2.45, 2.75) is 13.5 Å². The maximum atomic E-state index is 9.96. The molecule has 0 spiro atoms. The van der Waals surface area contributed by atoms with Gasteiger partial charge in [0.05, 0.1) is 16.6 Å². The molecule has 3 rings (SSSR count). The molecule has 0 aliphatic heterocycles. The van der Waals surface area contributed by atoms with Crippen LogP contribution in [0.3, 0.4) is 0 Å². The number of rotatable bonds is 2. The summed E-state index contributed by atoms with van der Waals surface area (Å²) in [6.45, 7) is 2.90. The van der Waals surface area contributed by atoms with Crippen molar-refractivity contribution in [1.29, 1.82) is 0 Å². The lowest BCUT2D eigenvalue weighted by molar-refractivity contribution is 0.476. The summed E-state index contributed by atoms with van der Waals surface area (Å²) in [5, 5.41) is 9.96. The fraction of sp³-hybridized carbons (Fsp3) is 0.133. The predicted octanol–water partition coefficient (Wildman–Crippen LogP) is 3.43. The lowest BCUT2D eigenvalue weighted by Gasteiger charge is -2.07. The lowest BCUT2D eigenvalue weighted by Crippen LogP contribution is -1.97. The van der Waals surface area contributed by atoms with Gasteiger partial charge < -0.3 is 9.67 Å². The standard InChI is InChI=1S/C15H14N2O/c1-2-17-13-9-5-4-8-12(13)16-15(17)11-7-3-6-10-14(11)18/h3-10,18H,2H2,1H3. The van der Waals surface area contributed by atoms with Crippen LogP contribution in [0.15, 0.2) is 48.5 Å². The first-order valence-electron chi connectivity index (χ1n) is 6.05. The second kappa shape index (κ2) is 4.18. The van der Waals surface area contributed by atoms with E-state index in [-0.39, 0.29) is 5.75 Å². The molecule has 90 valence electrons. The third-order valence-electron chi connectivity index (χ3n) is 3.12. The Morgan fingerprint density at radius 1 is 1.06 bits per heavy atom. The highest BCUT2D eigenvalue weighted by molar-refractivity contribution is 5.81. The minimum atomic E-state index is 0.266. The highest BCUT2D eigenvalue weighted by Crippen LogP contribution is 2.30. The summed E-state index contributed by atoms with van der Waals surface area (Å²) < 4.78 is 2.12. The predicted molar refractivity (Wildman–Crippen MR) is 72.5 cm³/mol. The van der Waals surface area contributed by atoms with Crippen molar-refractivity contribution in [2.24, 2.45) is 0 Å². The molecule has 0 aliphatic rings. The number of aryl methyl sites for hydroxylation is 1. The maximum Gasteiger partial charge on any atom is 0.144 e. The van der Waals surface area contributed by atoms with Crippen LogP contribution in [0.25, 0.3) is 22.4 Å². The molecule has 0 atom stereocenters. The minimum Gasteiger partial charge on any atom is -0.507 e. The van der Waals surface area contributed by atoms with Crippen LogP contribution in [0.2, 0.25) is 0 Å². The van der Waals surface area contributed by atoms with Crippen LogP contribution in [0, 0.1) is 0 Å². The fourth-order valence-electron chi connectivity index (χ4n) is 2.26. The number of phenols is 1. The third-order valence-corrected chi connectivity index (χ3v) is 3.12. The van der Waals surface area contributed by atoms with Crippen LogP contribution in [-0.4, -0.2) is 14.7 Å². The molecule has 0 saturated carbocycles. The fourth-order valence-corrected chi connectivity index (χ4v) is 2.26. The average Bonchev–Trinajstić information content (AvgIpc) is 2.77. The molecule has 0 radical (unpaired) electrons. The van der Waals surface area contributed by atoms with Crippen molar-refractivity contribution in [3.63, 3.8) is 0 Å². The van der Waals surface area contributed by atoms with E-state index in [1.165, 1.54) is 0 Å². The third kappa shape index (κ3) is 1.56. The van der Waals surface area contributed by atoms with E-state index in [9.17, 15) is 5.11 Å². The zero-order valence-corrected chi connectivity index (χ0v) is 10.2. The van der Waals surface area contributed by atoms with Crippen molar-refractivity contribution >= 4 is 11.0 Å². The number of aromatic hydroxyl groups is 1. The lowest BCUT2D eigenvalue weighted by atomic mass is 10.2. The summed E-state index contributed by atoms with van der Waals surface area (Å²) in [5.74, 6) is 1.08. The van der Waals surface area contributed by atoms with Crippen molar-refractivity contribution in [3.8, 4) is 17.1 Å². The Morgan fingerprint density at radius 2 is 1.78 bits per heavy atom. The Balaban J connectivity index is 2.32. The number of aromatic nitrogens is 2. The quantitative estimate of drug-likeness (QED) is 0.742. The number of phenolic OH excluding ortho intramolecular Hbond substituents is 1. The highest BCUT2D eigenvalue weighted by atomic mass is 16.3. The summed E-state index contributed by atoms with van der Waals surface area (Å²) in [6.07, 6.45) is 0. The Hall–Kier alpha value is -2.29. The van der Waals surface area contributed by atoms with Gasteiger partial charge in [-0.1, -0.05) is 24.3 Å². The number of nitrogens with zero attached hydrogens (tertiary/aromatic N) is 2. The number of fused-ring (bicyclic) bond motifs is 1. The monoisotopic (exact) mass is 238 g/mol. The Bertz CT molecular complexity index is 701. The molecule has 1 heterocycles. The molecular weight excluding hydrogens is 224 g/mol. The van der Waals surface area contributed by atoms with Gasteiger partial charge in [0.2, 0.25) is 0 Å². The van der Waals surface area contributed by atoms with Gasteiger partial charge in [-0.25, -0.2) is 4.98 Å². The van der Waals surface area contributed by atoms with Crippen LogP contribution in [0.1, 0.15) is 6.92 Å². The number of benzene rings is 2. The molecule has 3 aromatic rings. The first-order chi connectivity index (χ1) is 8.81. The summed E-state index contributed by atoms with van der Waals surface area (Å²) in [7, 11) is 0. The molecule has 3 heteroatoms. The topological polar surface area (TPSA) is 38.0 Å². The Kier molecular flexibility index (Phi) is 2.52. The van der Waals surface area contributed by atoms with Crippen LogP contribution in [-0.2, 0) is 6.54 Å². The zero-order valence-electron chi connectivity index (χ0n) is 10.2. The van der Waals surface area contributed by atoms with E-state index in [1.807, 2.05) is 36.4 Å². The molecule has 0 amide bonds. The van der Waals surface area contributed by atoms with Gasteiger partial charge in [0.1, 0.15) is 11.6 Å². The zero-order chi connectivity index (χ0) is 12.5. The molecule has 18 heavy (non-hydrogen) atoms. The van der Waals surface area contributed by atoms with E-state index < -0.39 is 0 Å². The number of hydrogen-bond donors (Lipinski definition) is 1. The molecule has 3 nitrogen and oxygen atoms in total. The maximum absolute atomic E-state index is 9.96. The van der Waals surface area contributed by atoms with E-state index in [1.54, 1.807) is 6.07 Å². The van der Waals surface area contributed by atoms with Gasteiger partial charge in [0.25, 0.3) is 0 Å². The van der Waals surface area contributed by atoms with Crippen molar-refractivity contribution in [1.82, 2.24) is 9.55 Å². The van der Waals surface area contributed by atoms with Gasteiger partial charge in [-0.05, 0) is 31.2 Å². The minimum absolute atomic E-state index is 0.266. The smallest absolute Gasteiger partial charge is 0.144 e. The second-order valence-electron chi connectivity index (χ2n) is 4.19. The van der Waals surface area contributed by atoms with E-state index >= 15 is 0 Å². The van der Waals surface area contributed by atoms with Gasteiger partial charge in [-0.3, -0.25) is 0 Å². The molecule has 1 aromatic heterocycles. The van der Waals surface area contributed by atoms with Gasteiger partial charge in [0, 0.05) is 6.54 Å². The van der Waals surface area contributed by atoms with Crippen LogP contribution in [0.4, 0.5) is 0 Å². The van der Waals surface area contributed by atoms with Crippen LogP contribution >= 0.6 is 0 Å². The molecule has 0 saturated heterocycles. The average molecular weight is 238 g/mol. The van der Waals surface area contributed by atoms with E-state index in [4.69, 9.17) is 0 Å². The largest absolute Gasteiger partial charge is 0.507 e. The first-order valence-corrected chi connectivity index (χ1v) is 6.05. The summed E-state index contributed by atoms with van der Waals surface area (Å²) in [6, 6.07) is 15.3. The van der Waals surface area contributed by atoms with E-state index in [0.29, 0.717) is 0 Å². The summed E-state index contributed by atoms with van der Waals surface area (Å²) in [5.41, 5.74) is 2.83. The highest BCUT2D eigenvalue weighted by Gasteiger charge is 2.13. The van der Waals surface area contributed by atoms with Crippen LogP contribution in [0.5, 0.6) is 5.75 Å². The number of imidazole rings is 1. The van der Waals surface area contributed by atoms with Crippen LogP contribution < -0.4 is 0 Å². The second-order valence-corrected chi connectivity index (χ2v) is 4.19. The molecule has 0 bridgehead atoms. The van der Waals surface area contributed by atoms with Gasteiger partial charge in [-0.15, -0.1) is 0 Å². The van der Waals surface area contributed by atoms with Gasteiger partial charge in [0.15, 0.2) is 0 Å². The normalized spacial score (nSPS) is 10.9. The summed E-state index contributed by atoms with van der Waals surface area (Å²) >= 11 is 0. The SMILES string of the molecule is CCn1c(-c2ccccc2O)nc2ccccc21. The van der Waals surface area contributed by atoms with E-state index in [0.717, 1.165) is 29.0 Å². The van der Waals surface area contributed by atoms with Crippen molar-refractivity contribution < 1.29 is 5.11 Å². The molecule has 2 aromatic carbocycles. The molecule has 1 N–H and O–H groups in total. The van der Waals surface area contributed by atoms with Gasteiger partial charge in [-0.2, -0.15) is 0 Å². The molecule has 0 aliphatic carbocycles. The van der Waals surface area contributed by atoms with Crippen molar-refractivity contribution in [3.05, 3.63) is 48.5 Å². The van der Waals surface area contributed by atoms with E-state index in [2.05, 4.69) is 22.5 Å². The number of hydrogen-bond acceptors (Lipinski definition) is 2. The Labute approximate surface area is 105 Å². The van der Waals surface area contributed by atoms with Gasteiger partial charge >= 0.3 is 0 Å². The molecular formula is C15H14N2O. The van der Waals surface area contributed by atoms with Crippen molar-refractivity contribution in [2.75, 3.05) is 0 Å². The summed E-state index contributed by atoms with van der Waals surface area (Å²) in [4.78, 5) is 4.62. The molecule has 0 unspecified atom stereocenters. The first kappa shape index (κ1) is 10.8. The number of para-hydroxylation sites is 3.